The number of carbonyl (C=O) groups is 1. The molecule has 1 amide bonds. The number of amides is 1. The molecular weight excluding hydrogens is 348 g/mol. The van der Waals surface area contributed by atoms with Gasteiger partial charge in [-0.3, -0.25) is 9.78 Å². The normalized spacial score (nSPS) is 16.0. The van der Waals surface area contributed by atoms with Crippen molar-refractivity contribution in [2.24, 2.45) is 5.92 Å². The molecule has 4 nitrogen and oxygen atoms in total. The molecule has 0 spiro atoms. The summed E-state index contributed by atoms with van der Waals surface area (Å²) >= 11 is 6.04. The van der Waals surface area contributed by atoms with Gasteiger partial charge in [-0.2, -0.15) is 0 Å². The lowest BCUT2D eigenvalue weighted by atomic mass is 9.96. The molecule has 1 N–H and O–H groups in total. The van der Waals surface area contributed by atoms with Crippen LogP contribution in [0.5, 0.6) is 5.75 Å². The van der Waals surface area contributed by atoms with Gasteiger partial charge >= 0.3 is 0 Å². The van der Waals surface area contributed by atoms with E-state index >= 15 is 0 Å². The highest BCUT2D eigenvalue weighted by Gasteiger charge is 2.25. The third-order valence-corrected chi connectivity index (χ3v) is 4.94. The van der Waals surface area contributed by atoms with Crippen LogP contribution < -0.4 is 10.1 Å². The molecule has 26 heavy (non-hydrogen) atoms. The largest absolute Gasteiger partial charge is 0.492 e. The molecule has 0 bridgehead atoms. The van der Waals surface area contributed by atoms with E-state index in [-0.39, 0.29) is 11.8 Å². The highest BCUT2D eigenvalue weighted by molar-refractivity contribution is 6.30. The van der Waals surface area contributed by atoms with Crippen LogP contribution in [0.1, 0.15) is 11.1 Å². The lowest BCUT2D eigenvalue weighted by Gasteiger charge is -2.24. The second kappa shape index (κ2) is 7.34. The number of nitrogens with one attached hydrogen (secondary N) is 1. The summed E-state index contributed by atoms with van der Waals surface area (Å²) < 4.78 is 5.70. The lowest BCUT2D eigenvalue weighted by molar-refractivity contribution is -0.126. The number of pyridine rings is 1. The summed E-state index contributed by atoms with van der Waals surface area (Å²) in [5.74, 6) is 0.649. The Morgan fingerprint density at radius 2 is 2.12 bits per heavy atom. The number of aromatic nitrogens is 1. The minimum Gasteiger partial charge on any atom is -0.492 e. The summed E-state index contributed by atoms with van der Waals surface area (Å²) in [6.45, 7) is 0.976. The monoisotopic (exact) mass is 366 g/mol. The van der Waals surface area contributed by atoms with Crippen LogP contribution in [0.4, 0.5) is 0 Å². The molecule has 5 heteroatoms. The lowest BCUT2D eigenvalue weighted by Crippen LogP contribution is -2.38. The fourth-order valence-electron chi connectivity index (χ4n) is 3.37. The third-order valence-electron chi connectivity index (χ3n) is 4.71. The van der Waals surface area contributed by atoms with Gasteiger partial charge in [-0.1, -0.05) is 35.9 Å². The van der Waals surface area contributed by atoms with E-state index in [0.717, 1.165) is 34.2 Å². The molecule has 1 aromatic heterocycles. The minimum absolute atomic E-state index is 0.0174. The van der Waals surface area contributed by atoms with Crippen LogP contribution in [0.25, 0.3) is 10.9 Å². The van der Waals surface area contributed by atoms with Gasteiger partial charge in [0.05, 0.1) is 11.4 Å². The van der Waals surface area contributed by atoms with E-state index in [2.05, 4.69) is 16.4 Å². The Balaban J connectivity index is 1.37. The van der Waals surface area contributed by atoms with Crippen LogP contribution >= 0.6 is 11.6 Å². The second-order valence-electron chi connectivity index (χ2n) is 6.50. The predicted octanol–water partition coefficient (Wildman–Crippen LogP) is 3.80. The molecule has 1 aliphatic heterocycles. The Bertz CT molecular complexity index is 952. The maximum Gasteiger partial charge on any atom is 0.226 e. The number of carbonyl (C=O) groups excluding carboxylic acids is 1. The van der Waals surface area contributed by atoms with Gasteiger partial charge in [-0.15, -0.1) is 0 Å². The average Bonchev–Trinajstić information content (AvgIpc) is 2.67. The molecule has 0 aliphatic carbocycles. The van der Waals surface area contributed by atoms with Crippen LogP contribution in [0.15, 0.2) is 54.7 Å². The average molecular weight is 367 g/mol. The van der Waals surface area contributed by atoms with Gasteiger partial charge in [-0.05, 0) is 48.2 Å². The SMILES string of the molecule is O=C(NCCc1cccc2cccnc12)[C@@H]1COc2ccc(Cl)cc2C1. The summed E-state index contributed by atoms with van der Waals surface area (Å²) in [5, 5.41) is 4.81. The Labute approximate surface area is 157 Å². The van der Waals surface area contributed by atoms with E-state index in [1.54, 1.807) is 12.3 Å². The molecule has 0 saturated carbocycles. The molecule has 0 radical (unpaired) electrons. The fourth-order valence-corrected chi connectivity index (χ4v) is 3.56. The first-order valence-corrected chi connectivity index (χ1v) is 9.10. The Morgan fingerprint density at radius 1 is 1.23 bits per heavy atom. The molecule has 4 rings (SSSR count). The van der Waals surface area contributed by atoms with Crippen molar-refractivity contribution in [2.75, 3.05) is 13.2 Å². The molecule has 2 aromatic carbocycles. The Morgan fingerprint density at radius 3 is 3.04 bits per heavy atom. The first kappa shape index (κ1) is 16.9. The van der Waals surface area contributed by atoms with Crippen LogP contribution in [-0.2, 0) is 17.6 Å². The van der Waals surface area contributed by atoms with Crippen molar-refractivity contribution in [3.63, 3.8) is 0 Å². The molecule has 3 aromatic rings. The molecular formula is C21H19ClN2O2. The van der Waals surface area contributed by atoms with Crippen LogP contribution in [0.3, 0.4) is 0 Å². The number of hydrogen-bond donors (Lipinski definition) is 1. The minimum atomic E-state index is -0.188. The Kier molecular flexibility index (Phi) is 4.76. The van der Waals surface area contributed by atoms with Crippen molar-refractivity contribution >= 4 is 28.4 Å². The van der Waals surface area contributed by atoms with E-state index < -0.39 is 0 Å². The number of benzene rings is 2. The zero-order chi connectivity index (χ0) is 17.9. The van der Waals surface area contributed by atoms with Crippen molar-refractivity contribution in [2.45, 2.75) is 12.8 Å². The van der Waals surface area contributed by atoms with Crippen molar-refractivity contribution in [1.82, 2.24) is 10.3 Å². The van der Waals surface area contributed by atoms with Crippen molar-refractivity contribution in [3.05, 3.63) is 70.9 Å². The van der Waals surface area contributed by atoms with E-state index in [0.29, 0.717) is 24.6 Å². The molecule has 0 fully saturated rings. The van der Waals surface area contributed by atoms with Gasteiger partial charge in [0.2, 0.25) is 5.91 Å². The highest BCUT2D eigenvalue weighted by Crippen LogP contribution is 2.29. The maximum absolute atomic E-state index is 12.5. The number of fused-ring (bicyclic) bond motifs is 2. The maximum atomic E-state index is 12.5. The molecule has 1 aliphatic rings. The van der Waals surface area contributed by atoms with Gasteiger partial charge in [0.25, 0.3) is 0 Å². The first-order valence-electron chi connectivity index (χ1n) is 8.72. The number of rotatable bonds is 4. The smallest absolute Gasteiger partial charge is 0.226 e. The number of nitrogens with zero attached hydrogens (tertiary/aromatic N) is 1. The summed E-state index contributed by atoms with van der Waals surface area (Å²) in [7, 11) is 0. The molecule has 2 heterocycles. The highest BCUT2D eigenvalue weighted by atomic mass is 35.5. The van der Waals surface area contributed by atoms with Crippen LogP contribution in [-0.4, -0.2) is 24.0 Å². The van der Waals surface area contributed by atoms with Gasteiger partial charge in [0.1, 0.15) is 12.4 Å². The van der Waals surface area contributed by atoms with E-state index in [1.807, 2.05) is 36.4 Å². The zero-order valence-electron chi connectivity index (χ0n) is 14.2. The van der Waals surface area contributed by atoms with Crippen molar-refractivity contribution in [3.8, 4) is 5.75 Å². The quantitative estimate of drug-likeness (QED) is 0.764. The van der Waals surface area contributed by atoms with E-state index in [9.17, 15) is 4.79 Å². The fraction of sp³-hybridized carbons (Fsp3) is 0.238. The zero-order valence-corrected chi connectivity index (χ0v) is 15.0. The number of hydrogen-bond acceptors (Lipinski definition) is 3. The van der Waals surface area contributed by atoms with Crippen LogP contribution in [0.2, 0.25) is 5.02 Å². The van der Waals surface area contributed by atoms with Gasteiger partial charge < -0.3 is 10.1 Å². The van der Waals surface area contributed by atoms with Gasteiger partial charge in [0, 0.05) is 23.2 Å². The Hall–Kier alpha value is -2.59. The molecule has 0 unspecified atom stereocenters. The standard InChI is InChI=1S/C21H19ClN2O2/c22-18-6-7-19-16(12-18)11-17(13-26-19)21(25)24-10-8-15-4-1-3-14-5-2-9-23-20(14)15/h1-7,9,12,17H,8,10-11,13H2,(H,24,25)/t17-/m0/s1. The topological polar surface area (TPSA) is 51.2 Å². The van der Waals surface area contributed by atoms with Gasteiger partial charge in [0.15, 0.2) is 0 Å². The summed E-state index contributed by atoms with van der Waals surface area (Å²) in [6.07, 6.45) is 3.19. The van der Waals surface area contributed by atoms with E-state index in [1.165, 1.54) is 0 Å². The summed E-state index contributed by atoms with van der Waals surface area (Å²) in [6, 6.07) is 15.6. The third kappa shape index (κ3) is 3.51. The number of ether oxygens (including phenoxy) is 1. The molecule has 0 saturated heterocycles. The summed E-state index contributed by atoms with van der Waals surface area (Å²) in [5.41, 5.74) is 3.12. The molecule has 132 valence electrons. The predicted molar refractivity (Wildman–Crippen MR) is 103 cm³/mol. The number of para-hydroxylation sites is 1. The first-order chi connectivity index (χ1) is 12.7. The molecule has 1 atom stereocenters. The number of halogens is 1. The van der Waals surface area contributed by atoms with Crippen molar-refractivity contribution < 1.29 is 9.53 Å². The van der Waals surface area contributed by atoms with Crippen molar-refractivity contribution in [1.29, 1.82) is 0 Å². The van der Waals surface area contributed by atoms with Gasteiger partial charge in [-0.25, -0.2) is 0 Å². The second-order valence-corrected chi connectivity index (χ2v) is 6.93. The summed E-state index contributed by atoms with van der Waals surface area (Å²) in [4.78, 5) is 17.0. The van der Waals surface area contributed by atoms with Crippen LogP contribution in [0, 0.1) is 5.92 Å². The van der Waals surface area contributed by atoms with E-state index in [4.69, 9.17) is 16.3 Å².